The zero-order valence-electron chi connectivity index (χ0n) is 9.34. The molecule has 0 amide bonds. The van der Waals surface area contributed by atoms with E-state index in [1.807, 2.05) is 24.3 Å². The number of hydrogen-bond donors (Lipinski definition) is 1. The predicted octanol–water partition coefficient (Wildman–Crippen LogP) is 2.96. The molecule has 0 atom stereocenters. The van der Waals surface area contributed by atoms with Gasteiger partial charge in [0.15, 0.2) is 11.4 Å². The van der Waals surface area contributed by atoms with E-state index in [9.17, 15) is 4.79 Å². The number of benzene rings is 1. The molecule has 0 aliphatic heterocycles. The normalized spacial score (nSPS) is 10.1. The maximum atomic E-state index is 10.9. The summed E-state index contributed by atoms with van der Waals surface area (Å²) in [5.41, 5.74) is 0.915. The average Bonchev–Trinajstić information content (AvgIpc) is 2.38. The molecule has 0 aliphatic carbocycles. The second-order valence-corrected chi connectivity index (χ2v) is 4.82. The number of aromatic carboxylic acids is 1. The number of halogens is 1. The Morgan fingerprint density at radius 1 is 1.28 bits per heavy atom. The minimum absolute atomic E-state index is 0.0667. The quantitative estimate of drug-likeness (QED) is 0.857. The monoisotopic (exact) mass is 355 g/mol. The van der Waals surface area contributed by atoms with Gasteiger partial charge >= 0.3 is 5.97 Å². The van der Waals surface area contributed by atoms with Crippen molar-refractivity contribution in [3.8, 4) is 5.75 Å². The van der Waals surface area contributed by atoms with E-state index in [4.69, 9.17) is 9.84 Å². The summed E-state index contributed by atoms with van der Waals surface area (Å²) in [6, 6.07) is 11.1. The Morgan fingerprint density at radius 3 is 2.67 bits per heavy atom. The molecule has 4 nitrogen and oxygen atoms in total. The zero-order valence-corrected chi connectivity index (χ0v) is 11.5. The molecule has 2 rings (SSSR count). The standard InChI is InChI=1S/C13H10INO3/c14-10-5-3-9(4-6-10)8-18-11-2-1-7-15-12(11)13(16)17/h1-7H,8H2,(H,16,17). The SMILES string of the molecule is O=C(O)c1ncccc1OCc1ccc(I)cc1. The third-order valence-corrected chi connectivity index (χ3v) is 3.00. The predicted molar refractivity (Wildman–Crippen MR) is 74.7 cm³/mol. The van der Waals surface area contributed by atoms with Gasteiger partial charge in [-0.25, -0.2) is 9.78 Å². The molecular weight excluding hydrogens is 345 g/mol. The van der Waals surface area contributed by atoms with Crippen molar-refractivity contribution < 1.29 is 14.6 Å². The maximum Gasteiger partial charge on any atom is 0.358 e. The number of carbonyl (C=O) groups is 1. The fourth-order valence-corrected chi connectivity index (χ4v) is 1.77. The molecule has 0 aliphatic rings. The van der Waals surface area contributed by atoms with Gasteiger partial charge < -0.3 is 9.84 Å². The molecule has 1 heterocycles. The van der Waals surface area contributed by atoms with Crippen LogP contribution in [-0.4, -0.2) is 16.1 Å². The number of hydrogen-bond acceptors (Lipinski definition) is 3. The number of pyridine rings is 1. The summed E-state index contributed by atoms with van der Waals surface area (Å²) in [5, 5.41) is 8.96. The summed E-state index contributed by atoms with van der Waals surface area (Å²) in [4.78, 5) is 14.7. The molecule has 2 aromatic rings. The van der Waals surface area contributed by atoms with Gasteiger partial charge in [0.2, 0.25) is 0 Å². The van der Waals surface area contributed by atoms with Crippen LogP contribution in [0.4, 0.5) is 0 Å². The molecule has 0 saturated heterocycles. The number of nitrogens with zero attached hydrogens (tertiary/aromatic N) is 1. The molecule has 0 unspecified atom stereocenters. The van der Waals surface area contributed by atoms with E-state index < -0.39 is 5.97 Å². The van der Waals surface area contributed by atoms with Gasteiger partial charge in [-0.2, -0.15) is 0 Å². The van der Waals surface area contributed by atoms with Gasteiger partial charge in [-0.15, -0.1) is 0 Å². The number of ether oxygens (including phenoxy) is 1. The van der Waals surface area contributed by atoms with E-state index in [2.05, 4.69) is 27.6 Å². The molecule has 5 heteroatoms. The molecule has 1 aromatic heterocycles. The van der Waals surface area contributed by atoms with Gasteiger partial charge in [0.25, 0.3) is 0 Å². The largest absolute Gasteiger partial charge is 0.486 e. The van der Waals surface area contributed by atoms with E-state index in [1.165, 1.54) is 6.20 Å². The Kier molecular flexibility index (Phi) is 4.14. The van der Waals surface area contributed by atoms with Gasteiger partial charge in [0.05, 0.1) is 0 Å². The van der Waals surface area contributed by atoms with Crippen LogP contribution in [0, 0.1) is 3.57 Å². The lowest BCUT2D eigenvalue weighted by Crippen LogP contribution is -2.05. The van der Waals surface area contributed by atoms with E-state index >= 15 is 0 Å². The van der Waals surface area contributed by atoms with Crippen LogP contribution in [0.3, 0.4) is 0 Å². The van der Waals surface area contributed by atoms with Crippen LogP contribution >= 0.6 is 22.6 Å². The van der Waals surface area contributed by atoms with Crippen LogP contribution < -0.4 is 4.74 Å². The molecule has 92 valence electrons. The number of aromatic nitrogens is 1. The summed E-state index contributed by atoms with van der Waals surface area (Å²) in [6.07, 6.45) is 1.43. The third-order valence-electron chi connectivity index (χ3n) is 2.28. The first-order valence-corrected chi connectivity index (χ1v) is 6.30. The van der Waals surface area contributed by atoms with E-state index in [0.717, 1.165) is 9.13 Å². The van der Waals surface area contributed by atoms with Crippen molar-refractivity contribution in [2.45, 2.75) is 6.61 Å². The lowest BCUT2D eigenvalue weighted by Gasteiger charge is -2.08. The van der Waals surface area contributed by atoms with Crippen molar-refractivity contribution >= 4 is 28.6 Å². The highest BCUT2D eigenvalue weighted by Crippen LogP contribution is 2.17. The van der Waals surface area contributed by atoms with Crippen LogP contribution in [-0.2, 0) is 6.61 Å². The van der Waals surface area contributed by atoms with Gasteiger partial charge in [0, 0.05) is 9.77 Å². The van der Waals surface area contributed by atoms with Gasteiger partial charge in [-0.1, -0.05) is 12.1 Å². The Balaban J connectivity index is 2.10. The summed E-state index contributed by atoms with van der Waals surface area (Å²) < 4.78 is 6.62. The number of carboxylic acids is 1. The first-order valence-electron chi connectivity index (χ1n) is 5.22. The second kappa shape index (κ2) is 5.81. The Bertz CT molecular complexity index is 554. The molecule has 0 saturated carbocycles. The maximum absolute atomic E-state index is 10.9. The van der Waals surface area contributed by atoms with E-state index in [0.29, 0.717) is 6.61 Å². The Morgan fingerprint density at radius 2 is 2.00 bits per heavy atom. The van der Waals surface area contributed by atoms with E-state index in [-0.39, 0.29) is 11.4 Å². The summed E-state index contributed by atoms with van der Waals surface area (Å²) in [6.45, 7) is 0.322. The number of carboxylic acid groups (broad SMARTS) is 1. The molecule has 1 aromatic carbocycles. The highest BCUT2D eigenvalue weighted by molar-refractivity contribution is 14.1. The average molecular weight is 355 g/mol. The Labute approximate surface area is 118 Å². The van der Waals surface area contributed by atoms with E-state index in [1.54, 1.807) is 12.1 Å². The number of rotatable bonds is 4. The summed E-state index contributed by atoms with van der Waals surface area (Å²) in [7, 11) is 0. The smallest absolute Gasteiger partial charge is 0.358 e. The van der Waals surface area contributed by atoms with Crippen LogP contribution in [0.2, 0.25) is 0 Å². The van der Waals surface area contributed by atoms with Crippen molar-refractivity contribution in [3.05, 3.63) is 57.4 Å². The zero-order chi connectivity index (χ0) is 13.0. The van der Waals surface area contributed by atoms with Crippen LogP contribution in [0.15, 0.2) is 42.6 Å². The summed E-state index contributed by atoms with van der Waals surface area (Å²) >= 11 is 2.22. The fourth-order valence-electron chi connectivity index (χ4n) is 1.41. The van der Waals surface area contributed by atoms with Crippen molar-refractivity contribution in [2.75, 3.05) is 0 Å². The fraction of sp³-hybridized carbons (Fsp3) is 0.0769. The van der Waals surface area contributed by atoms with Crippen molar-refractivity contribution in [1.82, 2.24) is 4.98 Å². The Hall–Kier alpha value is -1.63. The van der Waals surface area contributed by atoms with Gasteiger partial charge in [-0.3, -0.25) is 0 Å². The highest BCUT2D eigenvalue weighted by atomic mass is 127. The minimum Gasteiger partial charge on any atom is -0.486 e. The van der Waals surface area contributed by atoms with Crippen LogP contribution in [0.1, 0.15) is 16.1 Å². The molecule has 0 radical (unpaired) electrons. The lowest BCUT2D eigenvalue weighted by atomic mass is 10.2. The van der Waals surface area contributed by atoms with Crippen LogP contribution in [0.5, 0.6) is 5.75 Å². The second-order valence-electron chi connectivity index (χ2n) is 3.57. The van der Waals surface area contributed by atoms with Gasteiger partial charge in [-0.05, 0) is 52.4 Å². The first-order chi connectivity index (χ1) is 8.66. The molecule has 0 spiro atoms. The molecular formula is C13H10INO3. The minimum atomic E-state index is -1.09. The topological polar surface area (TPSA) is 59.4 Å². The highest BCUT2D eigenvalue weighted by Gasteiger charge is 2.11. The molecule has 18 heavy (non-hydrogen) atoms. The van der Waals surface area contributed by atoms with Crippen molar-refractivity contribution in [1.29, 1.82) is 0 Å². The third kappa shape index (κ3) is 3.19. The molecule has 0 fully saturated rings. The van der Waals surface area contributed by atoms with Crippen LogP contribution in [0.25, 0.3) is 0 Å². The molecule has 0 bridgehead atoms. The molecule has 1 N–H and O–H groups in total. The van der Waals surface area contributed by atoms with Crippen molar-refractivity contribution in [3.63, 3.8) is 0 Å². The van der Waals surface area contributed by atoms with Crippen molar-refractivity contribution in [2.24, 2.45) is 0 Å². The summed E-state index contributed by atoms with van der Waals surface area (Å²) in [5.74, 6) is -0.809. The lowest BCUT2D eigenvalue weighted by molar-refractivity contribution is 0.0685. The van der Waals surface area contributed by atoms with Gasteiger partial charge in [0.1, 0.15) is 6.61 Å². The first kappa shape index (κ1) is 12.8.